The topological polar surface area (TPSA) is 41.6 Å². The Balaban J connectivity index is 1.75. The summed E-state index contributed by atoms with van der Waals surface area (Å²) in [6, 6.07) is 5.05. The normalized spacial score (nSPS) is 16.1. The number of benzene rings is 1. The second kappa shape index (κ2) is 7.84. The summed E-state index contributed by atoms with van der Waals surface area (Å²) in [5.74, 6) is -0.220. The Kier molecular flexibility index (Phi) is 6.10. The average Bonchev–Trinajstić information content (AvgIpc) is 2.44. The van der Waals surface area contributed by atoms with Crippen LogP contribution in [-0.2, 0) is 4.74 Å². The highest BCUT2D eigenvalue weighted by Crippen LogP contribution is 2.23. The molecule has 0 radical (unpaired) electrons. The molecule has 0 bridgehead atoms. The molecule has 0 unspecified atom stereocenters. The first kappa shape index (κ1) is 15.6. The van der Waals surface area contributed by atoms with Gasteiger partial charge in [-0.05, 0) is 25.1 Å². The van der Waals surface area contributed by atoms with E-state index in [9.17, 15) is 4.79 Å². The Morgan fingerprint density at radius 1 is 1.25 bits per heavy atom. The molecule has 1 saturated heterocycles. The van der Waals surface area contributed by atoms with E-state index in [1.807, 2.05) is 0 Å². The van der Waals surface area contributed by atoms with Crippen molar-refractivity contribution in [2.75, 3.05) is 39.4 Å². The monoisotopic (exact) mass is 316 g/mol. The van der Waals surface area contributed by atoms with E-state index in [-0.39, 0.29) is 5.91 Å². The van der Waals surface area contributed by atoms with Crippen LogP contribution < -0.4 is 5.32 Å². The van der Waals surface area contributed by atoms with E-state index in [2.05, 4.69) is 10.2 Å². The molecule has 0 atom stereocenters. The summed E-state index contributed by atoms with van der Waals surface area (Å²) in [6.07, 6.45) is 0.897. The zero-order chi connectivity index (χ0) is 14.4. The van der Waals surface area contributed by atoms with Gasteiger partial charge in [0.15, 0.2) is 0 Å². The van der Waals surface area contributed by atoms with Crippen molar-refractivity contribution in [2.45, 2.75) is 6.42 Å². The number of hydrogen-bond acceptors (Lipinski definition) is 3. The summed E-state index contributed by atoms with van der Waals surface area (Å²) in [6.45, 7) is 5.08. The van der Waals surface area contributed by atoms with Crippen LogP contribution in [0.5, 0.6) is 0 Å². The van der Waals surface area contributed by atoms with Gasteiger partial charge in [0.1, 0.15) is 0 Å². The average molecular weight is 317 g/mol. The van der Waals surface area contributed by atoms with E-state index in [4.69, 9.17) is 27.9 Å². The predicted octanol–water partition coefficient (Wildman–Crippen LogP) is 2.45. The molecular weight excluding hydrogens is 299 g/mol. The minimum absolute atomic E-state index is 0.220. The molecular formula is C14H18Cl2N2O2. The molecule has 6 heteroatoms. The molecule has 1 amide bonds. The number of hydrogen-bond donors (Lipinski definition) is 1. The van der Waals surface area contributed by atoms with E-state index in [1.165, 1.54) is 0 Å². The zero-order valence-electron chi connectivity index (χ0n) is 11.2. The van der Waals surface area contributed by atoms with Gasteiger partial charge in [-0.25, -0.2) is 0 Å². The van der Waals surface area contributed by atoms with Crippen LogP contribution in [0, 0.1) is 0 Å². The van der Waals surface area contributed by atoms with E-state index in [1.54, 1.807) is 18.2 Å². The van der Waals surface area contributed by atoms with E-state index in [0.717, 1.165) is 39.3 Å². The molecule has 1 aliphatic heterocycles. The Hall–Kier alpha value is -0.810. The van der Waals surface area contributed by atoms with Crippen molar-refractivity contribution in [1.82, 2.24) is 10.2 Å². The molecule has 1 aromatic rings. The lowest BCUT2D eigenvalue weighted by atomic mass is 10.2. The molecule has 20 heavy (non-hydrogen) atoms. The van der Waals surface area contributed by atoms with Crippen LogP contribution in [0.25, 0.3) is 0 Å². The van der Waals surface area contributed by atoms with Crippen LogP contribution in [0.15, 0.2) is 18.2 Å². The first-order valence-corrected chi connectivity index (χ1v) is 7.46. The Morgan fingerprint density at radius 3 is 2.55 bits per heavy atom. The van der Waals surface area contributed by atoms with Crippen molar-refractivity contribution in [1.29, 1.82) is 0 Å². The van der Waals surface area contributed by atoms with Crippen molar-refractivity contribution in [2.24, 2.45) is 0 Å². The summed E-state index contributed by atoms with van der Waals surface area (Å²) >= 11 is 12.0. The van der Waals surface area contributed by atoms with Crippen LogP contribution >= 0.6 is 23.2 Å². The van der Waals surface area contributed by atoms with Gasteiger partial charge in [-0.3, -0.25) is 9.69 Å². The van der Waals surface area contributed by atoms with Gasteiger partial charge >= 0.3 is 0 Å². The smallest absolute Gasteiger partial charge is 0.254 e. The maximum absolute atomic E-state index is 12.0. The molecule has 0 saturated carbocycles. The fourth-order valence-corrected chi connectivity index (χ4v) is 2.70. The Labute approximate surface area is 129 Å². The lowest BCUT2D eigenvalue weighted by Crippen LogP contribution is -2.38. The molecule has 4 nitrogen and oxygen atoms in total. The highest BCUT2D eigenvalue weighted by Gasteiger charge is 2.14. The lowest BCUT2D eigenvalue weighted by Gasteiger charge is -2.26. The number of nitrogens with one attached hydrogen (secondary N) is 1. The number of carbonyl (C=O) groups excluding carboxylic acids is 1. The Morgan fingerprint density at radius 2 is 1.90 bits per heavy atom. The standard InChI is InChI=1S/C14H18Cl2N2O2/c15-11-3-1-4-12(16)13(11)14(19)17-5-2-6-18-7-9-20-10-8-18/h1,3-4H,2,5-10H2,(H,17,19). The number of nitrogens with zero attached hydrogens (tertiary/aromatic N) is 1. The van der Waals surface area contributed by atoms with Gasteiger partial charge in [0, 0.05) is 19.6 Å². The van der Waals surface area contributed by atoms with Crippen molar-refractivity contribution < 1.29 is 9.53 Å². The van der Waals surface area contributed by atoms with Crippen LogP contribution in [0.3, 0.4) is 0 Å². The summed E-state index contributed by atoms with van der Waals surface area (Å²) in [5.41, 5.74) is 0.349. The number of rotatable bonds is 5. The highest BCUT2D eigenvalue weighted by atomic mass is 35.5. The Bertz CT molecular complexity index is 442. The highest BCUT2D eigenvalue weighted by molar-refractivity contribution is 6.39. The SMILES string of the molecule is O=C(NCCCN1CCOCC1)c1c(Cl)cccc1Cl. The minimum Gasteiger partial charge on any atom is -0.379 e. The molecule has 2 rings (SSSR count). The zero-order valence-corrected chi connectivity index (χ0v) is 12.7. The number of ether oxygens (including phenoxy) is 1. The van der Waals surface area contributed by atoms with Crippen LogP contribution in [0.4, 0.5) is 0 Å². The van der Waals surface area contributed by atoms with Crippen LogP contribution in [0.2, 0.25) is 10.0 Å². The van der Waals surface area contributed by atoms with Crippen LogP contribution in [0.1, 0.15) is 16.8 Å². The van der Waals surface area contributed by atoms with Crippen molar-refractivity contribution in [3.8, 4) is 0 Å². The molecule has 1 fully saturated rings. The summed E-state index contributed by atoms with van der Waals surface area (Å²) < 4.78 is 5.29. The van der Waals surface area contributed by atoms with Gasteiger partial charge in [0.25, 0.3) is 5.91 Å². The molecule has 0 aliphatic carbocycles. The van der Waals surface area contributed by atoms with Gasteiger partial charge in [0.05, 0.1) is 28.8 Å². The minimum atomic E-state index is -0.220. The maximum Gasteiger partial charge on any atom is 0.254 e. The summed E-state index contributed by atoms with van der Waals surface area (Å²) in [5, 5.41) is 3.61. The molecule has 1 aliphatic rings. The molecule has 0 spiro atoms. The van der Waals surface area contributed by atoms with Gasteiger partial charge in [-0.2, -0.15) is 0 Å². The lowest BCUT2D eigenvalue weighted by molar-refractivity contribution is 0.0374. The van der Waals surface area contributed by atoms with Gasteiger partial charge in [-0.1, -0.05) is 29.3 Å². The molecule has 1 aromatic carbocycles. The third-order valence-corrected chi connectivity index (χ3v) is 3.86. The van der Waals surface area contributed by atoms with Crippen molar-refractivity contribution >= 4 is 29.1 Å². The van der Waals surface area contributed by atoms with E-state index >= 15 is 0 Å². The maximum atomic E-state index is 12.0. The first-order chi connectivity index (χ1) is 9.68. The van der Waals surface area contributed by atoms with Crippen molar-refractivity contribution in [3.05, 3.63) is 33.8 Å². The second-order valence-electron chi connectivity index (χ2n) is 4.66. The largest absolute Gasteiger partial charge is 0.379 e. The number of amides is 1. The van der Waals surface area contributed by atoms with E-state index < -0.39 is 0 Å². The fraction of sp³-hybridized carbons (Fsp3) is 0.500. The van der Waals surface area contributed by atoms with E-state index in [0.29, 0.717) is 22.2 Å². The number of carbonyl (C=O) groups is 1. The first-order valence-electron chi connectivity index (χ1n) is 6.71. The third-order valence-electron chi connectivity index (χ3n) is 3.23. The van der Waals surface area contributed by atoms with Crippen LogP contribution in [-0.4, -0.2) is 50.2 Å². The van der Waals surface area contributed by atoms with Gasteiger partial charge < -0.3 is 10.1 Å². The number of morpholine rings is 1. The van der Waals surface area contributed by atoms with Gasteiger partial charge in [0.2, 0.25) is 0 Å². The van der Waals surface area contributed by atoms with Gasteiger partial charge in [-0.15, -0.1) is 0 Å². The second-order valence-corrected chi connectivity index (χ2v) is 5.47. The third kappa shape index (κ3) is 4.35. The summed E-state index contributed by atoms with van der Waals surface area (Å²) in [7, 11) is 0. The fourth-order valence-electron chi connectivity index (χ4n) is 2.13. The molecule has 110 valence electrons. The van der Waals surface area contributed by atoms with Crippen molar-refractivity contribution in [3.63, 3.8) is 0 Å². The molecule has 0 aromatic heterocycles. The number of halogens is 2. The molecule has 1 heterocycles. The summed E-state index contributed by atoms with van der Waals surface area (Å²) in [4.78, 5) is 14.4. The predicted molar refractivity (Wildman–Crippen MR) is 80.7 cm³/mol. The molecule has 1 N–H and O–H groups in total. The quantitative estimate of drug-likeness (QED) is 0.848.